The molecule has 182 valence electrons. The third-order valence-electron chi connectivity index (χ3n) is 7.31. The van der Waals surface area contributed by atoms with Gasteiger partial charge in [0.2, 0.25) is 11.9 Å². The molecule has 3 N–H and O–H groups in total. The van der Waals surface area contributed by atoms with Gasteiger partial charge in [-0.1, -0.05) is 25.8 Å². The second-order valence-corrected chi connectivity index (χ2v) is 9.93. The summed E-state index contributed by atoms with van der Waals surface area (Å²) in [4.78, 5) is 12.6. The number of aromatic nitrogens is 5. The quantitative estimate of drug-likeness (QED) is 0.322. The van der Waals surface area contributed by atoms with Crippen molar-refractivity contribution in [3.63, 3.8) is 0 Å². The number of hydrogen-bond donors (Lipinski definition) is 3. The first-order valence-electron chi connectivity index (χ1n) is 12.3. The van der Waals surface area contributed by atoms with Crippen LogP contribution in [0.2, 0.25) is 0 Å². The Morgan fingerprint density at radius 1 is 1.20 bits per heavy atom. The first kappa shape index (κ1) is 22.0. The van der Waals surface area contributed by atoms with Crippen LogP contribution in [-0.4, -0.2) is 43.1 Å². The summed E-state index contributed by atoms with van der Waals surface area (Å²) < 4.78 is 28.1. The molecule has 0 unspecified atom stereocenters. The Morgan fingerprint density at radius 3 is 2.83 bits per heavy atom. The number of hydrogen-bond acceptors (Lipinski definition) is 5. The first-order chi connectivity index (χ1) is 16.9. The van der Waals surface area contributed by atoms with Crippen molar-refractivity contribution in [1.29, 1.82) is 0 Å². The Kier molecular flexibility index (Phi) is 5.42. The molecule has 2 fully saturated rings. The zero-order chi connectivity index (χ0) is 24.0. The van der Waals surface area contributed by atoms with Crippen molar-refractivity contribution in [2.24, 2.45) is 5.92 Å². The Morgan fingerprint density at radius 2 is 2.03 bits per heavy atom. The standard InChI is InChI=1S/C26H29F2N7/c1-16(29-12-17-10-26(27,28)11-17)20-15-32-35-8-7-18(9-23(20)35)21-13-30-24-22(21)14-31-25(34-24)33-19-5-3-2-4-6-19/h7-9,13-15,17,19,29H,1-6,10-12H2,(H2,30,31,33,34). The summed E-state index contributed by atoms with van der Waals surface area (Å²) in [6, 6.07) is 4.51. The van der Waals surface area contributed by atoms with Crippen molar-refractivity contribution in [1.82, 2.24) is 29.9 Å². The summed E-state index contributed by atoms with van der Waals surface area (Å²) in [6.45, 7) is 4.62. The van der Waals surface area contributed by atoms with Crippen LogP contribution in [-0.2, 0) is 0 Å². The van der Waals surface area contributed by atoms with Crippen LogP contribution in [0.4, 0.5) is 14.7 Å². The zero-order valence-electron chi connectivity index (χ0n) is 19.5. The molecule has 7 nitrogen and oxygen atoms in total. The van der Waals surface area contributed by atoms with E-state index in [1.54, 1.807) is 10.7 Å². The second-order valence-electron chi connectivity index (χ2n) is 9.93. The van der Waals surface area contributed by atoms with E-state index in [9.17, 15) is 8.78 Å². The van der Waals surface area contributed by atoms with E-state index in [2.05, 4.69) is 38.3 Å². The van der Waals surface area contributed by atoms with E-state index in [0.29, 0.717) is 24.2 Å². The number of alkyl halides is 2. The van der Waals surface area contributed by atoms with Crippen LogP contribution >= 0.6 is 0 Å². The van der Waals surface area contributed by atoms with Crippen LogP contribution in [0.25, 0.3) is 33.4 Å². The predicted molar refractivity (Wildman–Crippen MR) is 133 cm³/mol. The topological polar surface area (TPSA) is 82.9 Å². The smallest absolute Gasteiger partial charge is 0.248 e. The van der Waals surface area contributed by atoms with Crippen LogP contribution in [0.1, 0.15) is 50.5 Å². The molecule has 0 bridgehead atoms. The Hall–Kier alpha value is -3.49. The Labute approximate surface area is 202 Å². The third-order valence-corrected chi connectivity index (χ3v) is 7.31. The van der Waals surface area contributed by atoms with E-state index >= 15 is 0 Å². The minimum absolute atomic E-state index is 0.0251. The number of H-pyrrole nitrogens is 1. The van der Waals surface area contributed by atoms with Gasteiger partial charge < -0.3 is 15.6 Å². The van der Waals surface area contributed by atoms with Gasteiger partial charge in [0.25, 0.3) is 0 Å². The molecule has 4 aromatic rings. The summed E-state index contributed by atoms with van der Waals surface area (Å²) in [6.07, 6.45) is 13.5. The highest BCUT2D eigenvalue weighted by Gasteiger charge is 2.44. The van der Waals surface area contributed by atoms with Gasteiger partial charge in [-0.3, -0.25) is 0 Å². The number of halogens is 2. The number of nitrogens with zero attached hydrogens (tertiary/aromatic N) is 4. The van der Waals surface area contributed by atoms with Crippen molar-refractivity contribution in [3.05, 3.63) is 49.1 Å². The van der Waals surface area contributed by atoms with Crippen LogP contribution in [0.5, 0.6) is 0 Å². The molecule has 2 aliphatic carbocycles. The van der Waals surface area contributed by atoms with Crippen molar-refractivity contribution in [3.8, 4) is 11.1 Å². The second kappa shape index (κ2) is 8.62. The third kappa shape index (κ3) is 4.35. The fourth-order valence-electron chi connectivity index (χ4n) is 5.32. The number of rotatable bonds is 7. The van der Waals surface area contributed by atoms with E-state index in [1.807, 2.05) is 24.7 Å². The lowest BCUT2D eigenvalue weighted by atomic mass is 9.81. The lowest BCUT2D eigenvalue weighted by Gasteiger charge is -2.35. The molecule has 0 amide bonds. The van der Waals surface area contributed by atoms with E-state index in [0.717, 1.165) is 33.2 Å². The van der Waals surface area contributed by atoms with Gasteiger partial charge in [-0.25, -0.2) is 18.3 Å². The molecule has 0 atom stereocenters. The summed E-state index contributed by atoms with van der Waals surface area (Å²) >= 11 is 0. The van der Waals surface area contributed by atoms with Crippen LogP contribution in [0.15, 0.2) is 43.5 Å². The van der Waals surface area contributed by atoms with Crippen molar-refractivity contribution in [2.45, 2.75) is 56.9 Å². The normalized spacial score (nSPS) is 18.6. The van der Waals surface area contributed by atoms with Gasteiger partial charge in [-0.2, -0.15) is 10.1 Å². The molecule has 0 aliphatic heterocycles. The van der Waals surface area contributed by atoms with Crippen molar-refractivity contribution < 1.29 is 8.78 Å². The minimum Gasteiger partial charge on any atom is -0.385 e. The molecule has 6 rings (SSSR count). The average molecular weight is 478 g/mol. The van der Waals surface area contributed by atoms with Gasteiger partial charge in [0.15, 0.2) is 0 Å². The largest absolute Gasteiger partial charge is 0.385 e. The molecule has 0 radical (unpaired) electrons. The van der Waals surface area contributed by atoms with Crippen molar-refractivity contribution in [2.75, 3.05) is 11.9 Å². The van der Waals surface area contributed by atoms with Crippen LogP contribution in [0, 0.1) is 5.92 Å². The SMILES string of the molecule is C=C(NCC1CC(F)(F)C1)c1cnn2ccc(-c3c[nH]c4nc(NC5CCCCC5)ncc34)cc12. The monoisotopic (exact) mass is 477 g/mol. The van der Waals surface area contributed by atoms with Gasteiger partial charge in [0, 0.05) is 66.2 Å². The maximum atomic E-state index is 13.1. The highest BCUT2D eigenvalue weighted by atomic mass is 19.3. The highest BCUT2D eigenvalue weighted by molar-refractivity contribution is 5.94. The van der Waals surface area contributed by atoms with Crippen molar-refractivity contribution >= 4 is 28.2 Å². The van der Waals surface area contributed by atoms with Crippen LogP contribution in [0.3, 0.4) is 0 Å². The average Bonchev–Trinajstić information content (AvgIpc) is 3.45. The number of aromatic amines is 1. The van der Waals surface area contributed by atoms with Gasteiger partial charge in [0.1, 0.15) is 5.65 Å². The Bertz CT molecular complexity index is 1380. The molecule has 0 saturated heterocycles. The molecule has 4 heterocycles. The molecule has 2 aliphatic rings. The number of anilines is 1. The lowest BCUT2D eigenvalue weighted by Crippen LogP contribution is -2.40. The van der Waals surface area contributed by atoms with Gasteiger partial charge in [0.05, 0.1) is 11.7 Å². The zero-order valence-corrected chi connectivity index (χ0v) is 19.5. The molecule has 2 saturated carbocycles. The Balaban J connectivity index is 1.22. The van der Waals surface area contributed by atoms with E-state index < -0.39 is 5.92 Å². The number of fused-ring (bicyclic) bond motifs is 2. The molecule has 9 heteroatoms. The maximum absolute atomic E-state index is 13.1. The predicted octanol–water partition coefficient (Wildman–Crippen LogP) is 5.62. The molecule has 35 heavy (non-hydrogen) atoms. The van der Waals surface area contributed by atoms with Gasteiger partial charge >= 0.3 is 0 Å². The molecule has 0 spiro atoms. The fourth-order valence-corrected chi connectivity index (χ4v) is 5.32. The number of nitrogens with one attached hydrogen (secondary N) is 3. The van der Waals surface area contributed by atoms with Crippen LogP contribution < -0.4 is 10.6 Å². The van der Waals surface area contributed by atoms with E-state index in [-0.39, 0.29) is 18.8 Å². The lowest BCUT2D eigenvalue weighted by molar-refractivity contribution is -0.108. The maximum Gasteiger partial charge on any atom is 0.248 e. The van der Waals surface area contributed by atoms with Gasteiger partial charge in [-0.15, -0.1) is 0 Å². The fraction of sp³-hybridized carbons (Fsp3) is 0.423. The number of pyridine rings is 1. The summed E-state index contributed by atoms with van der Waals surface area (Å²) in [7, 11) is 0. The molecule has 0 aromatic carbocycles. The molecular formula is C26H29F2N7. The minimum atomic E-state index is -2.51. The first-order valence-corrected chi connectivity index (χ1v) is 12.3. The highest BCUT2D eigenvalue weighted by Crippen LogP contribution is 2.42. The van der Waals surface area contributed by atoms with Gasteiger partial charge in [-0.05, 0) is 36.5 Å². The van der Waals surface area contributed by atoms with E-state index in [4.69, 9.17) is 4.98 Å². The molecular weight excluding hydrogens is 448 g/mol. The summed E-state index contributed by atoms with van der Waals surface area (Å²) in [5, 5.41) is 12.1. The summed E-state index contributed by atoms with van der Waals surface area (Å²) in [5.41, 5.74) is 5.25. The van der Waals surface area contributed by atoms with E-state index in [1.165, 1.54) is 32.1 Å². The molecule has 4 aromatic heterocycles. The summed E-state index contributed by atoms with van der Waals surface area (Å²) in [5.74, 6) is -1.87.